The molecule has 2 heterocycles. The Hall–Kier alpha value is -5.15. The van der Waals surface area contributed by atoms with E-state index in [0.717, 1.165) is 38.1 Å². The Morgan fingerprint density at radius 2 is 1.18 bits per heavy atom. The Morgan fingerprint density at radius 1 is 0.607 bits per heavy atom. The molecule has 5 nitrogen and oxygen atoms in total. The van der Waals surface area contributed by atoms with Crippen molar-refractivity contribution in [1.82, 2.24) is 0 Å². The molecule has 0 amide bonds. The van der Waals surface area contributed by atoms with Gasteiger partial charge in [0.15, 0.2) is 0 Å². The molecule has 4 unspecified atom stereocenters. The van der Waals surface area contributed by atoms with Crippen molar-refractivity contribution in [3.63, 3.8) is 0 Å². The van der Waals surface area contributed by atoms with Crippen LogP contribution < -0.4 is 4.74 Å². The fourth-order valence-electron chi connectivity index (χ4n) is 7.22. The van der Waals surface area contributed by atoms with Gasteiger partial charge in [-0.25, -0.2) is 4.39 Å². The molecule has 0 radical (unpaired) electrons. The number of fused-ring (bicyclic) bond motifs is 1. The summed E-state index contributed by atoms with van der Waals surface area (Å²) in [6, 6.07) is 54.2. The summed E-state index contributed by atoms with van der Waals surface area (Å²) in [6.45, 7) is 1.82. The molecule has 8 rings (SSSR count). The van der Waals surface area contributed by atoms with E-state index in [1.807, 2.05) is 115 Å². The van der Waals surface area contributed by atoms with E-state index in [2.05, 4.69) is 42.5 Å². The Balaban J connectivity index is 1.17. The lowest BCUT2D eigenvalue weighted by atomic mass is 9.90. The molecule has 4 atom stereocenters. The molecule has 0 N–H and O–H groups in total. The van der Waals surface area contributed by atoms with Crippen LogP contribution in [0.3, 0.4) is 0 Å². The molecule has 1 saturated heterocycles. The summed E-state index contributed by atoms with van der Waals surface area (Å²) < 4.78 is 51.0. The summed E-state index contributed by atoms with van der Waals surface area (Å²) >= 11 is 1.68. The summed E-state index contributed by atoms with van der Waals surface area (Å²) in [6.07, 6.45) is -0.942. The molecule has 1 aliphatic rings. The lowest BCUT2D eigenvalue weighted by molar-refractivity contribution is -0.219. The molecule has 1 aliphatic heterocycles. The number of thiophene rings is 1. The molecular weight excluding hydrogens is 720 g/mol. The minimum Gasteiger partial charge on any atom is -0.488 e. The zero-order chi connectivity index (χ0) is 37.9. The van der Waals surface area contributed by atoms with E-state index in [0.29, 0.717) is 50.6 Å². The predicted octanol–water partition coefficient (Wildman–Crippen LogP) is 11.4. The Labute approximate surface area is 332 Å². The molecular formula is C49H45FO5S. The van der Waals surface area contributed by atoms with Gasteiger partial charge in [0.1, 0.15) is 30.4 Å². The van der Waals surface area contributed by atoms with Crippen LogP contribution in [-0.4, -0.2) is 24.9 Å². The molecule has 56 heavy (non-hydrogen) atoms. The van der Waals surface area contributed by atoms with Crippen molar-refractivity contribution in [3.8, 4) is 5.75 Å². The topological polar surface area (TPSA) is 46.2 Å². The largest absolute Gasteiger partial charge is 0.488 e. The van der Waals surface area contributed by atoms with Gasteiger partial charge >= 0.3 is 0 Å². The molecule has 0 saturated carbocycles. The fraction of sp³-hybridized carbons (Fsp3) is 0.224. The zero-order valence-corrected chi connectivity index (χ0v) is 32.0. The van der Waals surface area contributed by atoms with Crippen LogP contribution in [0, 0.1) is 5.82 Å². The molecule has 0 bridgehead atoms. The second-order valence-corrected chi connectivity index (χ2v) is 15.4. The van der Waals surface area contributed by atoms with Crippen LogP contribution >= 0.6 is 11.3 Å². The molecule has 6 aromatic carbocycles. The maximum atomic E-state index is 16.3. The van der Waals surface area contributed by atoms with Gasteiger partial charge in [-0.3, -0.25) is 0 Å². The maximum absolute atomic E-state index is 16.3. The monoisotopic (exact) mass is 764 g/mol. The van der Waals surface area contributed by atoms with Gasteiger partial charge in [-0.1, -0.05) is 140 Å². The third-order valence-electron chi connectivity index (χ3n) is 10.1. The van der Waals surface area contributed by atoms with E-state index in [1.165, 1.54) is 10.8 Å². The summed E-state index contributed by atoms with van der Waals surface area (Å²) in [4.78, 5) is 1.08. The SMILES string of the molecule is Fc1cc(OCc2ccccc2)c(C2OC(COCc3ccccc3)CC(OCc3ccccc3)C2OCc2ccccc2)cc1Cc1cc2ccccc2s1. The first-order chi connectivity index (χ1) is 27.6. The third-order valence-corrected chi connectivity index (χ3v) is 11.2. The molecule has 1 fully saturated rings. The van der Waals surface area contributed by atoms with Crippen LogP contribution in [0.2, 0.25) is 0 Å². The van der Waals surface area contributed by atoms with Gasteiger partial charge < -0.3 is 23.7 Å². The molecule has 7 heteroatoms. The van der Waals surface area contributed by atoms with E-state index in [9.17, 15) is 0 Å². The highest BCUT2D eigenvalue weighted by molar-refractivity contribution is 7.19. The second-order valence-electron chi connectivity index (χ2n) is 14.2. The average molecular weight is 765 g/mol. The van der Waals surface area contributed by atoms with Crippen LogP contribution in [0.15, 0.2) is 164 Å². The quantitative estimate of drug-likeness (QED) is 0.0981. The van der Waals surface area contributed by atoms with Crippen molar-refractivity contribution in [2.24, 2.45) is 0 Å². The van der Waals surface area contributed by atoms with Gasteiger partial charge in [-0.2, -0.15) is 0 Å². The lowest BCUT2D eigenvalue weighted by Crippen LogP contribution is -2.47. The molecule has 7 aromatic rings. The first kappa shape index (κ1) is 37.8. The van der Waals surface area contributed by atoms with Gasteiger partial charge in [0, 0.05) is 34.0 Å². The van der Waals surface area contributed by atoms with Gasteiger partial charge in [0.2, 0.25) is 0 Å². The van der Waals surface area contributed by atoms with Crippen molar-refractivity contribution in [2.75, 3.05) is 6.61 Å². The van der Waals surface area contributed by atoms with E-state index in [4.69, 9.17) is 23.7 Å². The average Bonchev–Trinajstić information content (AvgIpc) is 3.66. The number of halogens is 1. The first-order valence-corrected chi connectivity index (χ1v) is 20.0. The molecule has 284 valence electrons. The van der Waals surface area contributed by atoms with E-state index in [1.54, 1.807) is 11.3 Å². The van der Waals surface area contributed by atoms with E-state index >= 15 is 4.39 Å². The minimum atomic E-state index is -0.661. The Bertz CT molecular complexity index is 2230. The summed E-state index contributed by atoms with van der Waals surface area (Å²) in [5.74, 6) is 0.0869. The number of ether oxygens (including phenoxy) is 5. The maximum Gasteiger partial charge on any atom is 0.130 e. The Morgan fingerprint density at radius 3 is 1.82 bits per heavy atom. The number of benzene rings is 6. The third kappa shape index (κ3) is 9.80. The van der Waals surface area contributed by atoms with Crippen molar-refractivity contribution < 1.29 is 28.1 Å². The number of hydrogen-bond donors (Lipinski definition) is 0. The lowest BCUT2D eigenvalue weighted by Gasteiger charge is -2.42. The minimum absolute atomic E-state index is 0.267. The van der Waals surface area contributed by atoms with Gasteiger partial charge in [-0.05, 0) is 51.4 Å². The molecule has 0 spiro atoms. The second kappa shape index (κ2) is 18.7. The van der Waals surface area contributed by atoms with Crippen molar-refractivity contribution >= 4 is 21.4 Å². The van der Waals surface area contributed by atoms with Crippen molar-refractivity contribution in [1.29, 1.82) is 0 Å². The van der Waals surface area contributed by atoms with Crippen LogP contribution in [0.4, 0.5) is 4.39 Å². The summed E-state index contributed by atoms with van der Waals surface area (Å²) in [5, 5.41) is 1.15. The fourth-order valence-corrected chi connectivity index (χ4v) is 8.31. The van der Waals surface area contributed by atoms with Crippen LogP contribution in [0.5, 0.6) is 5.75 Å². The van der Waals surface area contributed by atoms with E-state index in [-0.39, 0.29) is 24.6 Å². The predicted molar refractivity (Wildman–Crippen MR) is 220 cm³/mol. The van der Waals surface area contributed by atoms with Crippen molar-refractivity contribution in [3.05, 3.63) is 208 Å². The van der Waals surface area contributed by atoms with Crippen LogP contribution in [0.25, 0.3) is 10.1 Å². The smallest absolute Gasteiger partial charge is 0.130 e. The standard InChI is InChI=1S/C49H45FO5S/c50-44-29-45(52-31-36-17-7-2-8-18-36)43(27-40(44)26-42-25-39-23-13-14-24-47(39)56-42)48-49(54-33-38-21-11-4-12-22-38)46(53-32-37-19-9-3-10-20-37)28-41(55-48)34-51-30-35-15-5-1-6-16-35/h1-25,27,29,41,46,48-49H,26,28,30-34H2. The first-order valence-electron chi connectivity index (χ1n) is 19.2. The zero-order valence-electron chi connectivity index (χ0n) is 31.2. The normalized spacial score (nSPS) is 18.2. The van der Waals surface area contributed by atoms with E-state index < -0.39 is 12.2 Å². The highest BCUT2D eigenvalue weighted by Crippen LogP contribution is 2.42. The number of hydrogen-bond acceptors (Lipinski definition) is 6. The highest BCUT2D eigenvalue weighted by Gasteiger charge is 2.43. The molecule has 1 aromatic heterocycles. The summed E-state index contributed by atoms with van der Waals surface area (Å²) in [5.41, 5.74) is 5.44. The van der Waals surface area contributed by atoms with Gasteiger partial charge in [0.25, 0.3) is 0 Å². The summed E-state index contributed by atoms with van der Waals surface area (Å²) in [7, 11) is 0. The van der Waals surface area contributed by atoms with Gasteiger partial charge in [0.05, 0.1) is 38.6 Å². The Kier molecular flexibility index (Phi) is 12.6. The number of rotatable bonds is 16. The van der Waals surface area contributed by atoms with Crippen LogP contribution in [0.1, 0.15) is 50.8 Å². The highest BCUT2D eigenvalue weighted by atomic mass is 32.1. The molecule has 0 aliphatic carbocycles. The van der Waals surface area contributed by atoms with Gasteiger partial charge in [-0.15, -0.1) is 11.3 Å². The van der Waals surface area contributed by atoms with Crippen molar-refractivity contribution in [2.45, 2.75) is 63.7 Å². The van der Waals surface area contributed by atoms with Crippen LogP contribution in [-0.2, 0) is 51.8 Å².